The zero-order chi connectivity index (χ0) is 22.4. The van der Waals surface area contributed by atoms with Crippen LogP contribution in [-0.4, -0.2) is 77.1 Å². The molecule has 168 valence electrons. The Kier molecular flexibility index (Phi) is 5.26. The predicted octanol–water partition coefficient (Wildman–Crippen LogP) is -0.860. The van der Waals surface area contributed by atoms with Crippen LogP contribution in [0.4, 0.5) is 0 Å². The van der Waals surface area contributed by atoms with Crippen molar-refractivity contribution in [3.8, 4) is 0 Å². The minimum Gasteiger partial charge on any atom is -0.350 e. The molecule has 32 heavy (non-hydrogen) atoms. The van der Waals surface area contributed by atoms with E-state index >= 15 is 0 Å². The maximum Gasteiger partial charge on any atom is 0.262 e. The standard InChI is InChI=1S/C22H25N5O5/c28-17-5-4-16(20(30)25-17)27-21(31)13-3-1-2-12(19(13)22(27)32)10-26-9-7-14-15(11-26)24-18(29)6-8-23-14/h1-3,14-16,23H,4-11H2,(H,24,29)(H,25,28,30)/t14-,15+,16?/m0/s1. The Morgan fingerprint density at radius 2 is 1.78 bits per heavy atom. The maximum atomic E-state index is 13.3. The highest BCUT2D eigenvalue weighted by molar-refractivity contribution is 6.24. The quantitative estimate of drug-likeness (QED) is 0.523. The van der Waals surface area contributed by atoms with Crippen molar-refractivity contribution < 1.29 is 24.0 Å². The van der Waals surface area contributed by atoms with E-state index in [0.29, 0.717) is 31.6 Å². The van der Waals surface area contributed by atoms with Gasteiger partial charge in [0.15, 0.2) is 0 Å². The monoisotopic (exact) mass is 439 g/mol. The molecule has 1 aromatic rings. The fourth-order valence-corrected chi connectivity index (χ4v) is 5.16. The van der Waals surface area contributed by atoms with Crippen molar-refractivity contribution in [1.82, 2.24) is 25.8 Å². The average molecular weight is 439 g/mol. The van der Waals surface area contributed by atoms with Gasteiger partial charge in [0.2, 0.25) is 17.7 Å². The van der Waals surface area contributed by atoms with Crippen LogP contribution in [0.1, 0.15) is 52.0 Å². The third-order valence-corrected chi connectivity index (χ3v) is 6.75. The summed E-state index contributed by atoms with van der Waals surface area (Å²) in [7, 11) is 0. The molecule has 10 heteroatoms. The molecule has 4 heterocycles. The summed E-state index contributed by atoms with van der Waals surface area (Å²) in [6.07, 6.45) is 1.56. The van der Waals surface area contributed by atoms with Crippen molar-refractivity contribution in [3.05, 3.63) is 34.9 Å². The Balaban J connectivity index is 1.36. The number of nitrogens with one attached hydrogen (secondary N) is 3. The van der Waals surface area contributed by atoms with Gasteiger partial charge in [-0.25, -0.2) is 0 Å². The summed E-state index contributed by atoms with van der Waals surface area (Å²) < 4.78 is 0. The summed E-state index contributed by atoms with van der Waals surface area (Å²) in [4.78, 5) is 65.2. The first-order chi connectivity index (χ1) is 15.4. The molecule has 4 aliphatic heterocycles. The molecule has 3 N–H and O–H groups in total. The molecule has 3 fully saturated rings. The zero-order valence-electron chi connectivity index (χ0n) is 17.6. The van der Waals surface area contributed by atoms with Crippen LogP contribution in [0.5, 0.6) is 0 Å². The SMILES string of the molecule is O=C1CCC(N2C(=O)c3cccc(CN4CC[C@@H]5NCCC(=O)N[C@@H]5C4)c3C2=O)C(=O)N1. The molecule has 1 unspecified atom stereocenters. The number of hydrogen-bond acceptors (Lipinski definition) is 7. The van der Waals surface area contributed by atoms with Crippen LogP contribution >= 0.6 is 0 Å². The van der Waals surface area contributed by atoms with Crippen molar-refractivity contribution >= 4 is 29.5 Å². The summed E-state index contributed by atoms with van der Waals surface area (Å²) in [5, 5.41) is 8.72. The van der Waals surface area contributed by atoms with Crippen molar-refractivity contribution in [1.29, 1.82) is 0 Å². The minimum atomic E-state index is -0.976. The van der Waals surface area contributed by atoms with Gasteiger partial charge < -0.3 is 10.6 Å². The highest BCUT2D eigenvalue weighted by atomic mass is 16.2. The molecular weight excluding hydrogens is 414 g/mol. The van der Waals surface area contributed by atoms with E-state index in [1.165, 1.54) is 0 Å². The van der Waals surface area contributed by atoms with Crippen LogP contribution < -0.4 is 16.0 Å². The van der Waals surface area contributed by atoms with Crippen LogP contribution in [0.15, 0.2) is 18.2 Å². The molecule has 0 aromatic heterocycles. The lowest BCUT2D eigenvalue weighted by Crippen LogP contribution is -2.57. The van der Waals surface area contributed by atoms with Gasteiger partial charge in [-0.05, 0) is 24.5 Å². The lowest BCUT2D eigenvalue weighted by Gasteiger charge is -2.38. The lowest BCUT2D eigenvalue weighted by atomic mass is 9.97. The summed E-state index contributed by atoms with van der Waals surface area (Å²) in [5.41, 5.74) is 1.34. The number of carbonyl (C=O) groups excluding carboxylic acids is 5. The van der Waals surface area contributed by atoms with Crippen LogP contribution in [-0.2, 0) is 20.9 Å². The normalized spacial score (nSPS) is 28.7. The van der Waals surface area contributed by atoms with Crippen LogP contribution in [0, 0.1) is 0 Å². The Hall–Kier alpha value is -3.11. The van der Waals surface area contributed by atoms with Gasteiger partial charge in [-0.1, -0.05) is 12.1 Å². The second-order valence-electron chi connectivity index (χ2n) is 8.80. The van der Waals surface area contributed by atoms with Crippen molar-refractivity contribution in [2.45, 2.75) is 50.4 Å². The summed E-state index contributed by atoms with van der Waals surface area (Å²) in [6, 6.07) is 4.42. The van der Waals surface area contributed by atoms with E-state index in [1.807, 2.05) is 6.07 Å². The van der Waals surface area contributed by atoms with E-state index in [-0.39, 0.29) is 36.4 Å². The van der Waals surface area contributed by atoms with Crippen molar-refractivity contribution in [2.75, 3.05) is 19.6 Å². The van der Waals surface area contributed by atoms with Gasteiger partial charge in [-0.3, -0.25) is 39.1 Å². The second-order valence-corrected chi connectivity index (χ2v) is 8.80. The maximum absolute atomic E-state index is 13.3. The van der Waals surface area contributed by atoms with Crippen LogP contribution in [0.3, 0.4) is 0 Å². The first-order valence-corrected chi connectivity index (χ1v) is 11.0. The van der Waals surface area contributed by atoms with Crippen molar-refractivity contribution in [2.24, 2.45) is 0 Å². The summed E-state index contributed by atoms with van der Waals surface area (Å²) in [6.45, 7) is 2.58. The highest BCUT2D eigenvalue weighted by Gasteiger charge is 2.45. The lowest BCUT2D eigenvalue weighted by molar-refractivity contribution is -0.136. The van der Waals surface area contributed by atoms with Gasteiger partial charge in [0.25, 0.3) is 11.8 Å². The van der Waals surface area contributed by atoms with E-state index < -0.39 is 29.7 Å². The van der Waals surface area contributed by atoms with Crippen LogP contribution in [0.25, 0.3) is 0 Å². The topological polar surface area (TPSA) is 128 Å². The molecule has 0 saturated carbocycles. The largest absolute Gasteiger partial charge is 0.350 e. The van der Waals surface area contributed by atoms with Crippen LogP contribution in [0.2, 0.25) is 0 Å². The van der Waals surface area contributed by atoms with E-state index in [1.54, 1.807) is 12.1 Å². The number of carbonyl (C=O) groups is 5. The fraction of sp³-hybridized carbons (Fsp3) is 0.500. The number of hydrogen-bond donors (Lipinski definition) is 3. The van der Waals surface area contributed by atoms with Gasteiger partial charge in [0.1, 0.15) is 6.04 Å². The van der Waals surface area contributed by atoms with Gasteiger partial charge in [-0.2, -0.15) is 0 Å². The van der Waals surface area contributed by atoms with Crippen molar-refractivity contribution in [3.63, 3.8) is 0 Å². The number of fused-ring (bicyclic) bond motifs is 2. The number of imide groups is 2. The predicted molar refractivity (Wildman–Crippen MR) is 111 cm³/mol. The smallest absolute Gasteiger partial charge is 0.262 e. The zero-order valence-corrected chi connectivity index (χ0v) is 17.6. The molecule has 10 nitrogen and oxygen atoms in total. The first-order valence-electron chi connectivity index (χ1n) is 11.0. The van der Waals surface area contributed by atoms with E-state index in [9.17, 15) is 24.0 Å². The number of benzene rings is 1. The first kappa shape index (κ1) is 20.8. The fourth-order valence-electron chi connectivity index (χ4n) is 5.16. The number of nitrogens with zero attached hydrogens (tertiary/aromatic N) is 2. The Morgan fingerprint density at radius 1 is 0.938 bits per heavy atom. The molecule has 3 atom stereocenters. The summed E-state index contributed by atoms with van der Waals surface area (Å²) in [5.74, 6) is -1.97. The Labute approximate surface area is 184 Å². The average Bonchev–Trinajstić information content (AvgIpc) is 2.89. The van der Waals surface area contributed by atoms with Gasteiger partial charge in [0, 0.05) is 45.1 Å². The Morgan fingerprint density at radius 3 is 2.59 bits per heavy atom. The molecule has 0 aliphatic carbocycles. The third-order valence-electron chi connectivity index (χ3n) is 6.75. The minimum absolute atomic E-state index is 0.00665. The highest BCUT2D eigenvalue weighted by Crippen LogP contribution is 2.31. The molecule has 5 amide bonds. The molecule has 0 bridgehead atoms. The number of rotatable bonds is 3. The van der Waals surface area contributed by atoms with E-state index in [4.69, 9.17) is 0 Å². The van der Waals surface area contributed by atoms with E-state index in [0.717, 1.165) is 23.4 Å². The molecular formula is C22H25N5O5. The molecule has 5 rings (SSSR count). The number of piperidine rings is 2. The number of amides is 5. The second kappa shape index (κ2) is 8.10. The molecule has 4 aliphatic rings. The van der Waals surface area contributed by atoms with Gasteiger partial charge in [0.05, 0.1) is 17.2 Å². The number of likely N-dealkylation sites (tertiary alicyclic amines) is 1. The molecule has 1 aromatic carbocycles. The van der Waals surface area contributed by atoms with E-state index in [2.05, 4.69) is 20.9 Å². The molecule has 3 saturated heterocycles. The van der Waals surface area contributed by atoms with Gasteiger partial charge >= 0.3 is 0 Å². The molecule has 0 radical (unpaired) electrons. The molecule has 0 spiro atoms. The van der Waals surface area contributed by atoms with Gasteiger partial charge in [-0.15, -0.1) is 0 Å². The Bertz CT molecular complexity index is 1020. The third kappa shape index (κ3) is 3.59. The summed E-state index contributed by atoms with van der Waals surface area (Å²) >= 11 is 0.